The highest BCUT2D eigenvalue weighted by molar-refractivity contribution is 7.77. The van der Waals surface area contributed by atoms with Gasteiger partial charge >= 0.3 is 0 Å². The van der Waals surface area contributed by atoms with Crippen LogP contribution in [0.4, 0.5) is 0 Å². The Hall–Kier alpha value is -3.26. The van der Waals surface area contributed by atoms with Crippen LogP contribution in [0.2, 0.25) is 0 Å². The number of carbonyl (C=O) groups is 1. The molecule has 4 heteroatoms. The molecule has 0 amide bonds. The quantitative estimate of drug-likeness (QED) is 0.317. The van der Waals surface area contributed by atoms with E-state index in [0.717, 1.165) is 11.1 Å². The number of hydrogen-bond acceptors (Lipinski definition) is 2. The minimum absolute atomic E-state index is 0.113. The van der Waals surface area contributed by atoms with Gasteiger partial charge in [0.2, 0.25) is 7.29 Å². The van der Waals surface area contributed by atoms with E-state index in [0.29, 0.717) is 16.2 Å². The Bertz CT molecular complexity index is 1150. The van der Waals surface area contributed by atoms with Crippen molar-refractivity contribution in [1.29, 1.82) is 0 Å². The molecule has 1 atom stereocenters. The molecule has 0 aliphatic carbocycles. The maximum Gasteiger partial charge on any atom is 0.205 e. The van der Waals surface area contributed by atoms with Gasteiger partial charge in [0.1, 0.15) is 6.04 Å². The Morgan fingerprint density at radius 3 is 1.61 bits per heavy atom. The molecule has 4 rings (SSSR count). The van der Waals surface area contributed by atoms with E-state index in [9.17, 15) is 9.36 Å². The molecule has 31 heavy (non-hydrogen) atoms. The Labute approximate surface area is 183 Å². The zero-order chi connectivity index (χ0) is 21.7. The van der Waals surface area contributed by atoms with Gasteiger partial charge < -0.3 is 0 Å². The maximum atomic E-state index is 14.5. The van der Waals surface area contributed by atoms with Crippen molar-refractivity contribution in [2.24, 2.45) is 0 Å². The highest BCUT2D eigenvalue weighted by Gasteiger charge is 2.34. The molecule has 0 fully saturated rings. The summed E-state index contributed by atoms with van der Waals surface area (Å²) in [7, 11) is -3.30. The van der Waals surface area contributed by atoms with E-state index in [1.165, 1.54) is 0 Å². The number of nitrogens with one attached hydrogen (secondary N) is 1. The SMILES string of the molecule is Cc1ccc(C(=O)C(NP(=O)(c2ccccc2)c2ccccc2)c2ccccc2)cc1. The van der Waals surface area contributed by atoms with E-state index in [1.54, 1.807) is 0 Å². The number of rotatable bonds is 7. The molecular formula is C27H24NO2P. The highest BCUT2D eigenvalue weighted by Crippen LogP contribution is 2.42. The average molecular weight is 425 g/mol. The summed E-state index contributed by atoms with van der Waals surface area (Å²) in [6.07, 6.45) is 0. The molecule has 0 aliphatic rings. The first kappa shape index (κ1) is 21.0. The van der Waals surface area contributed by atoms with Gasteiger partial charge in [-0.1, -0.05) is 96.6 Å². The predicted molar refractivity (Wildman–Crippen MR) is 128 cm³/mol. The van der Waals surface area contributed by atoms with Crippen LogP contribution in [0.25, 0.3) is 0 Å². The van der Waals surface area contributed by atoms with Crippen LogP contribution >= 0.6 is 7.29 Å². The fourth-order valence-corrected chi connectivity index (χ4v) is 5.98. The largest absolute Gasteiger partial charge is 0.296 e. The normalized spacial score (nSPS) is 12.3. The topological polar surface area (TPSA) is 46.2 Å². The van der Waals surface area contributed by atoms with E-state index in [2.05, 4.69) is 5.09 Å². The molecule has 4 aromatic carbocycles. The van der Waals surface area contributed by atoms with Crippen LogP contribution in [-0.4, -0.2) is 5.78 Å². The van der Waals surface area contributed by atoms with Crippen LogP contribution in [0.5, 0.6) is 0 Å². The Morgan fingerprint density at radius 2 is 1.13 bits per heavy atom. The fraction of sp³-hybridized carbons (Fsp3) is 0.0741. The molecule has 0 spiro atoms. The van der Waals surface area contributed by atoms with Crippen LogP contribution in [0, 0.1) is 6.92 Å². The van der Waals surface area contributed by atoms with E-state index < -0.39 is 13.3 Å². The summed E-state index contributed by atoms with van der Waals surface area (Å²) in [5.74, 6) is -0.113. The molecule has 1 unspecified atom stereocenters. The smallest absolute Gasteiger partial charge is 0.205 e. The van der Waals surface area contributed by atoms with Crippen LogP contribution in [0.15, 0.2) is 115 Å². The summed E-state index contributed by atoms with van der Waals surface area (Å²) in [6, 6.07) is 34.9. The zero-order valence-electron chi connectivity index (χ0n) is 17.3. The molecule has 0 aliphatic heterocycles. The van der Waals surface area contributed by atoms with Gasteiger partial charge in [-0.2, -0.15) is 0 Å². The van der Waals surface area contributed by atoms with Crippen molar-refractivity contribution in [1.82, 2.24) is 5.09 Å². The van der Waals surface area contributed by atoms with E-state index in [1.807, 2.05) is 122 Å². The molecular weight excluding hydrogens is 401 g/mol. The standard InChI is InChI=1S/C27H24NO2P/c1-21-17-19-23(20-18-21)27(29)26(22-11-5-2-6-12-22)28-31(30,24-13-7-3-8-14-24)25-15-9-4-10-16-25/h2-20,26H,1H3,(H,28,30). The summed E-state index contributed by atoms with van der Waals surface area (Å²) < 4.78 is 14.5. The second-order valence-corrected chi connectivity index (χ2v) is 9.99. The Kier molecular flexibility index (Phi) is 6.27. The second-order valence-electron chi connectivity index (χ2n) is 7.48. The number of carbonyl (C=O) groups excluding carboxylic acids is 1. The molecule has 3 nitrogen and oxygen atoms in total. The lowest BCUT2D eigenvalue weighted by molar-refractivity contribution is 0.0954. The first-order chi connectivity index (χ1) is 15.1. The first-order valence-corrected chi connectivity index (χ1v) is 11.9. The first-order valence-electron chi connectivity index (χ1n) is 10.2. The van der Waals surface area contributed by atoms with Crippen molar-refractivity contribution < 1.29 is 9.36 Å². The molecule has 1 N–H and O–H groups in total. The molecule has 0 aromatic heterocycles. The van der Waals surface area contributed by atoms with Crippen molar-refractivity contribution in [2.45, 2.75) is 13.0 Å². The zero-order valence-corrected chi connectivity index (χ0v) is 18.2. The van der Waals surface area contributed by atoms with Gasteiger partial charge in [-0.15, -0.1) is 0 Å². The summed E-state index contributed by atoms with van der Waals surface area (Å²) in [5, 5.41) is 4.63. The van der Waals surface area contributed by atoms with Crippen molar-refractivity contribution in [3.05, 3.63) is 132 Å². The van der Waals surface area contributed by atoms with Gasteiger partial charge in [-0.25, -0.2) is 5.09 Å². The Balaban J connectivity index is 1.83. The van der Waals surface area contributed by atoms with Gasteiger partial charge in [-0.05, 0) is 36.8 Å². The van der Waals surface area contributed by atoms with Crippen molar-refractivity contribution in [2.75, 3.05) is 0 Å². The molecule has 0 saturated carbocycles. The van der Waals surface area contributed by atoms with Gasteiger partial charge in [0.25, 0.3) is 0 Å². The lowest BCUT2D eigenvalue weighted by Crippen LogP contribution is -2.34. The summed E-state index contributed by atoms with van der Waals surface area (Å²) in [5.41, 5.74) is 2.44. The maximum absolute atomic E-state index is 14.5. The van der Waals surface area contributed by atoms with Crippen molar-refractivity contribution in [3.63, 3.8) is 0 Å². The lowest BCUT2D eigenvalue weighted by atomic mass is 9.98. The number of aryl methyl sites for hydroxylation is 1. The van der Waals surface area contributed by atoms with Gasteiger partial charge in [0, 0.05) is 16.2 Å². The lowest BCUT2D eigenvalue weighted by Gasteiger charge is -2.27. The van der Waals surface area contributed by atoms with Crippen molar-refractivity contribution in [3.8, 4) is 0 Å². The molecule has 0 radical (unpaired) electrons. The number of hydrogen-bond donors (Lipinski definition) is 1. The molecule has 154 valence electrons. The van der Waals surface area contributed by atoms with E-state index in [4.69, 9.17) is 0 Å². The number of ketones is 1. The summed E-state index contributed by atoms with van der Waals surface area (Å²) in [4.78, 5) is 13.6. The second kappa shape index (κ2) is 9.26. The third-order valence-electron chi connectivity index (χ3n) is 5.28. The third kappa shape index (κ3) is 4.59. The summed E-state index contributed by atoms with van der Waals surface area (Å²) >= 11 is 0. The molecule has 0 bridgehead atoms. The third-order valence-corrected chi connectivity index (χ3v) is 7.95. The van der Waals surface area contributed by atoms with E-state index in [-0.39, 0.29) is 5.78 Å². The molecule has 0 heterocycles. The van der Waals surface area contributed by atoms with Gasteiger partial charge in [0.15, 0.2) is 5.78 Å². The van der Waals surface area contributed by atoms with Crippen LogP contribution in [-0.2, 0) is 4.57 Å². The van der Waals surface area contributed by atoms with Crippen molar-refractivity contribution >= 4 is 23.7 Å². The summed E-state index contributed by atoms with van der Waals surface area (Å²) in [6.45, 7) is 1.99. The fourth-order valence-electron chi connectivity index (χ4n) is 3.57. The average Bonchev–Trinajstić information content (AvgIpc) is 2.84. The van der Waals surface area contributed by atoms with E-state index >= 15 is 0 Å². The monoisotopic (exact) mass is 425 g/mol. The van der Waals surface area contributed by atoms with Crippen LogP contribution < -0.4 is 15.7 Å². The van der Waals surface area contributed by atoms with Gasteiger partial charge in [-0.3, -0.25) is 9.36 Å². The number of benzene rings is 4. The minimum atomic E-state index is -3.30. The highest BCUT2D eigenvalue weighted by atomic mass is 31.2. The van der Waals surface area contributed by atoms with Gasteiger partial charge in [0.05, 0.1) is 0 Å². The Morgan fingerprint density at radius 1 is 0.677 bits per heavy atom. The van der Waals surface area contributed by atoms with Crippen LogP contribution in [0.3, 0.4) is 0 Å². The molecule has 0 saturated heterocycles. The minimum Gasteiger partial charge on any atom is -0.296 e. The molecule has 4 aromatic rings. The van der Waals surface area contributed by atoms with Crippen LogP contribution in [0.1, 0.15) is 27.5 Å². The predicted octanol–water partition coefficient (Wildman–Crippen LogP) is 5.44. The number of Topliss-reactive ketones (excluding diaryl/α,β-unsaturated/α-hetero) is 1.